The van der Waals surface area contributed by atoms with Gasteiger partial charge < -0.3 is 9.88 Å². The number of rotatable bonds is 7. The van der Waals surface area contributed by atoms with Gasteiger partial charge in [-0.2, -0.15) is 0 Å². The van der Waals surface area contributed by atoms with Crippen LogP contribution in [0.15, 0.2) is 18.5 Å². The molecule has 0 radical (unpaired) electrons. The lowest BCUT2D eigenvalue weighted by molar-refractivity contribution is 0.442. The molecule has 1 heterocycles. The quantitative estimate of drug-likeness (QED) is 0.761. The van der Waals surface area contributed by atoms with Crippen LogP contribution in [0, 0.1) is 11.8 Å². The molecule has 0 aliphatic carbocycles. The van der Waals surface area contributed by atoms with Crippen LogP contribution in [0.25, 0.3) is 0 Å². The van der Waals surface area contributed by atoms with E-state index >= 15 is 0 Å². The molecule has 1 atom stereocenters. The molecule has 1 unspecified atom stereocenters. The van der Waals surface area contributed by atoms with E-state index in [4.69, 9.17) is 0 Å². The Morgan fingerprint density at radius 1 is 1.24 bits per heavy atom. The van der Waals surface area contributed by atoms with Gasteiger partial charge in [0.1, 0.15) is 0 Å². The first-order valence-electron chi connectivity index (χ1n) is 6.87. The Balaban J connectivity index is 2.52. The minimum absolute atomic E-state index is 0.473. The van der Waals surface area contributed by atoms with Gasteiger partial charge in [-0.3, -0.25) is 0 Å². The fourth-order valence-corrected chi connectivity index (χ4v) is 2.35. The standard InChI is InChI=1S/C15H28N2/c1-12(2)7-6-9-17-10-8-14(11-17)15(16-5)13(3)4/h8,10-13,15-16H,6-7,9H2,1-5H3. The highest BCUT2D eigenvalue weighted by atomic mass is 15.0. The number of aryl methyl sites for hydroxylation is 1. The topological polar surface area (TPSA) is 17.0 Å². The van der Waals surface area contributed by atoms with Crippen LogP contribution in [0.1, 0.15) is 52.1 Å². The Hall–Kier alpha value is -0.760. The van der Waals surface area contributed by atoms with Gasteiger partial charge in [0.25, 0.3) is 0 Å². The van der Waals surface area contributed by atoms with Gasteiger partial charge in [0.15, 0.2) is 0 Å². The lowest BCUT2D eigenvalue weighted by Gasteiger charge is -2.18. The van der Waals surface area contributed by atoms with E-state index in [0.717, 1.165) is 12.5 Å². The maximum atomic E-state index is 3.39. The Morgan fingerprint density at radius 3 is 2.47 bits per heavy atom. The third kappa shape index (κ3) is 4.55. The molecule has 1 aromatic heterocycles. The second-order valence-corrected chi connectivity index (χ2v) is 5.73. The highest BCUT2D eigenvalue weighted by Gasteiger charge is 2.14. The van der Waals surface area contributed by atoms with Crippen molar-refractivity contribution in [3.05, 3.63) is 24.0 Å². The molecule has 0 aliphatic heterocycles. The Kier molecular flexibility index (Phi) is 5.76. The van der Waals surface area contributed by atoms with E-state index < -0.39 is 0 Å². The second-order valence-electron chi connectivity index (χ2n) is 5.73. The van der Waals surface area contributed by atoms with Gasteiger partial charge in [0, 0.05) is 25.0 Å². The molecule has 98 valence electrons. The summed E-state index contributed by atoms with van der Waals surface area (Å²) < 4.78 is 2.32. The molecule has 0 saturated carbocycles. The zero-order valence-corrected chi connectivity index (χ0v) is 12.0. The lowest BCUT2D eigenvalue weighted by Crippen LogP contribution is -2.21. The van der Waals surface area contributed by atoms with Crippen molar-refractivity contribution in [2.45, 2.75) is 53.1 Å². The van der Waals surface area contributed by atoms with Crippen molar-refractivity contribution in [2.24, 2.45) is 11.8 Å². The van der Waals surface area contributed by atoms with Crippen LogP contribution in [-0.4, -0.2) is 11.6 Å². The monoisotopic (exact) mass is 236 g/mol. The van der Waals surface area contributed by atoms with Gasteiger partial charge in [0.05, 0.1) is 0 Å². The molecular formula is C15H28N2. The molecule has 1 N–H and O–H groups in total. The lowest BCUT2D eigenvalue weighted by atomic mass is 9.99. The van der Waals surface area contributed by atoms with E-state index in [2.05, 4.69) is 56.0 Å². The molecule has 17 heavy (non-hydrogen) atoms. The number of nitrogens with one attached hydrogen (secondary N) is 1. The van der Waals surface area contributed by atoms with Crippen molar-refractivity contribution in [1.82, 2.24) is 9.88 Å². The van der Waals surface area contributed by atoms with Gasteiger partial charge >= 0.3 is 0 Å². The zero-order chi connectivity index (χ0) is 12.8. The first kappa shape index (κ1) is 14.3. The average molecular weight is 236 g/mol. The van der Waals surface area contributed by atoms with E-state index in [1.807, 2.05) is 7.05 Å². The predicted molar refractivity (Wildman–Crippen MR) is 75.1 cm³/mol. The number of nitrogens with zero attached hydrogens (tertiary/aromatic N) is 1. The van der Waals surface area contributed by atoms with Crippen LogP contribution >= 0.6 is 0 Å². The van der Waals surface area contributed by atoms with Gasteiger partial charge in [-0.05, 0) is 43.4 Å². The summed E-state index contributed by atoms with van der Waals surface area (Å²) in [6, 6.07) is 2.72. The van der Waals surface area contributed by atoms with Crippen molar-refractivity contribution in [1.29, 1.82) is 0 Å². The van der Waals surface area contributed by atoms with Crippen molar-refractivity contribution in [2.75, 3.05) is 7.05 Å². The molecule has 0 aliphatic rings. The van der Waals surface area contributed by atoms with Crippen LogP contribution in [0.3, 0.4) is 0 Å². The number of aromatic nitrogens is 1. The molecule has 0 spiro atoms. The Morgan fingerprint density at radius 2 is 1.94 bits per heavy atom. The molecule has 2 heteroatoms. The summed E-state index contributed by atoms with van der Waals surface area (Å²) in [5, 5.41) is 3.39. The fraction of sp³-hybridized carbons (Fsp3) is 0.733. The molecule has 1 aromatic rings. The molecule has 2 nitrogen and oxygen atoms in total. The highest BCUT2D eigenvalue weighted by molar-refractivity contribution is 5.16. The first-order chi connectivity index (χ1) is 8.04. The molecule has 0 fully saturated rings. The minimum atomic E-state index is 0.473. The van der Waals surface area contributed by atoms with E-state index in [1.165, 1.54) is 18.4 Å². The van der Waals surface area contributed by atoms with Gasteiger partial charge in [-0.1, -0.05) is 27.7 Å². The van der Waals surface area contributed by atoms with Gasteiger partial charge in [0.2, 0.25) is 0 Å². The molecule has 0 amide bonds. The highest BCUT2D eigenvalue weighted by Crippen LogP contribution is 2.21. The third-order valence-corrected chi connectivity index (χ3v) is 3.31. The van der Waals surface area contributed by atoms with E-state index in [1.54, 1.807) is 0 Å². The molecular weight excluding hydrogens is 208 g/mol. The SMILES string of the molecule is CNC(c1ccn(CCCC(C)C)c1)C(C)C. The zero-order valence-electron chi connectivity index (χ0n) is 12.0. The molecule has 0 aromatic carbocycles. The van der Waals surface area contributed by atoms with Crippen molar-refractivity contribution in [3.63, 3.8) is 0 Å². The minimum Gasteiger partial charge on any atom is -0.354 e. The van der Waals surface area contributed by atoms with Crippen LogP contribution in [-0.2, 0) is 6.54 Å². The van der Waals surface area contributed by atoms with E-state index in [-0.39, 0.29) is 0 Å². The number of hydrogen-bond donors (Lipinski definition) is 1. The normalized spacial score (nSPS) is 13.6. The summed E-state index contributed by atoms with van der Waals surface area (Å²) in [7, 11) is 2.04. The average Bonchev–Trinajstić information content (AvgIpc) is 2.66. The van der Waals surface area contributed by atoms with Gasteiger partial charge in [-0.25, -0.2) is 0 Å². The second kappa shape index (κ2) is 6.85. The third-order valence-electron chi connectivity index (χ3n) is 3.31. The number of hydrogen-bond acceptors (Lipinski definition) is 1. The summed E-state index contributed by atoms with van der Waals surface area (Å²) in [6.45, 7) is 10.2. The van der Waals surface area contributed by atoms with E-state index in [0.29, 0.717) is 12.0 Å². The Labute approximate surface area is 106 Å². The van der Waals surface area contributed by atoms with Crippen molar-refractivity contribution in [3.8, 4) is 0 Å². The molecule has 0 saturated heterocycles. The van der Waals surface area contributed by atoms with Crippen molar-refractivity contribution < 1.29 is 0 Å². The Bertz CT molecular complexity index is 312. The predicted octanol–water partition coefficient (Wildman–Crippen LogP) is 3.84. The summed E-state index contributed by atoms with van der Waals surface area (Å²) in [6.07, 6.45) is 7.09. The smallest absolute Gasteiger partial charge is 0.0355 e. The van der Waals surface area contributed by atoms with Crippen LogP contribution in [0.4, 0.5) is 0 Å². The summed E-state index contributed by atoms with van der Waals surface area (Å²) in [5.74, 6) is 1.44. The summed E-state index contributed by atoms with van der Waals surface area (Å²) >= 11 is 0. The van der Waals surface area contributed by atoms with Crippen molar-refractivity contribution >= 4 is 0 Å². The van der Waals surface area contributed by atoms with Crippen LogP contribution in [0.5, 0.6) is 0 Å². The molecule has 0 bridgehead atoms. The fourth-order valence-electron chi connectivity index (χ4n) is 2.35. The summed E-state index contributed by atoms with van der Waals surface area (Å²) in [4.78, 5) is 0. The maximum absolute atomic E-state index is 3.39. The largest absolute Gasteiger partial charge is 0.354 e. The van der Waals surface area contributed by atoms with Crippen LogP contribution in [0.2, 0.25) is 0 Å². The summed E-state index contributed by atoms with van der Waals surface area (Å²) in [5.41, 5.74) is 1.41. The van der Waals surface area contributed by atoms with E-state index in [9.17, 15) is 0 Å². The molecule has 1 rings (SSSR count). The first-order valence-corrected chi connectivity index (χ1v) is 6.87. The van der Waals surface area contributed by atoms with Gasteiger partial charge in [-0.15, -0.1) is 0 Å². The maximum Gasteiger partial charge on any atom is 0.0355 e. The van der Waals surface area contributed by atoms with Crippen LogP contribution < -0.4 is 5.32 Å².